The molecule has 2 heterocycles. The van der Waals surface area contributed by atoms with Crippen molar-refractivity contribution in [3.8, 4) is 0 Å². The van der Waals surface area contributed by atoms with Gasteiger partial charge in [0.2, 0.25) is 5.91 Å². The van der Waals surface area contributed by atoms with E-state index in [1.165, 1.54) is 29.3 Å². The highest BCUT2D eigenvalue weighted by molar-refractivity contribution is 6.25. The number of carbonyl (C=O) groups is 3. The highest BCUT2D eigenvalue weighted by Crippen LogP contribution is 2.32. The van der Waals surface area contributed by atoms with E-state index in [0.29, 0.717) is 11.4 Å². The Kier molecular flexibility index (Phi) is 4.57. The number of nitrogens with zero attached hydrogens (tertiary/aromatic N) is 4. The Balaban J connectivity index is 1.49. The molecular weight excluding hydrogens is 377 g/mol. The van der Waals surface area contributed by atoms with Crippen molar-refractivity contribution >= 4 is 29.1 Å². The molecule has 4 rings (SSSR count). The number of fused-ring (bicyclic) bond motifs is 1. The third-order valence-corrected chi connectivity index (χ3v) is 5.04. The van der Waals surface area contributed by atoms with Crippen LogP contribution in [0.5, 0.6) is 0 Å². The predicted octanol–water partition coefficient (Wildman–Crippen LogP) is 2.37. The summed E-state index contributed by atoms with van der Waals surface area (Å²) in [4.78, 5) is 39.1. The summed E-state index contributed by atoms with van der Waals surface area (Å²) in [5, 5.41) is 11.6. The number of carbonyl (C=O) groups excluding carboxylic acids is 3. The Morgan fingerprint density at radius 1 is 1.07 bits per heavy atom. The van der Waals surface area contributed by atoms with Gasteiger partial charge in [-0.15, -0.1) is 0 Å². The molecule has 1 N–H and O–H groups in total. The SMILES string of the molecule is Cc1ccc(N2C(=O)C3N=NN(CC(=O)Nc4ccc(F)cc4)C3C2=O)cc1C. The van der Waals surface area contributed by atoms with Crippen LogP contribution in [-0.2, 0) is 14.4 Å². The molecule has 1 saturated heterocycles. The van der Waals surface area contributed by atoms with Crippen molar-refractivity contribution < 1.29 is 18.8 Å². The minimum Gasteiger partial charge on any atom is -0.324 e. The lowest BCUT2D eigenvalue weighted by Gasteiger charge is -2.20. The summed E-state index contributed by atoms with van der Waals surface area (Å²) >= 11 is 0. The molecule has 0 spiro atoms. The fraction of sp³-hybridized carbons (Fsp3) is 0.250. The van der Waals surface area contributed by atoms with E-state index in [4.69, 9.17) is 0 Å². The van der Waals surface area contributed by atoms with Crippen LogP contribution in [0.3, 0.4) is 0 Å². The largest absolute Gasteiger partial charge is 0.324 e. The van der Waals surface area contributed by atoms with Gasteiger partial charge in [-0.05, 0) is 61.4 Å². The third kappa shape index (κ3) is 3.35. The molecule has 8 nitrogen and oxygen atoms in total. The normalized spacial score (nSPS) is 20.4. The molecule has 0 saturated carbocycles. The molecule has 2 aromatic rings. The molecule has 29 heavy (non-hydrogen) atoms. The van der Waals surface area contributed by atoms with Crippen LogP contribution in [0.25, 0.3) is 0 Å². The van der Waals surface area contributed by atoms with Gasteiger partial charge in [0.1, 0.15) is 12.4 Å². The van der Waals surface area contributed by atoms with E-state index in [1.807, 2.05) is 19.9 Å². The van der Waals surface area contributed by atoms with Gasteiger partial charge in [-0.1, -0.05) is 11.3 Å². The summed E-state index contributed by atoms with van der Waals surface area (Å²) < 4.78 is 13.0. The highest BCUT2D eigenvalue weighted by atomic mass is 19.1. The topological polar surface area (TPSA) is 94.4 Å². The van der Waals surface area contributed by atoms with Gasteiger partial charge in [-0.2, -0.15) is 5.11 Å². The van der Waals surface area contributed by atoms with E-state index in [2.05, 4.69) is 15.7 Å². The number of amides is 3. The van der Waals surface area contributed by atoms with Crippen LogP contribution >= 0.6 is 0 Å². The number of hydrogen-bond donors (Lipinski definition) is 1. The van der Waals surface area contributed by atoms with Gasteiger partial charge in [0, 0.05) is 5.69 Å². The first-order valence-corrected chi connectivity index (χ1v) is 9.03. The van der Waals surface area contributed by atoms with Crippen molar-refractivity contribution in [1.82, 2.24) is 5.01 Å². The zero-order valence-electron chi connectivity index (χ0n) is 15.8. The number of imide groups is 1. The molecule has 148 valence electrons. The lowest BCUT2D eigenvalue weighted by atomic mass is 10.1. The maximum Gasteiger partial charge on any atom is 0.263 e. The summed E-state index contributed by atoms with van der Waals surface area (Å²) in [5.41, 5.74) is 2.89. The second-order valence-corrected chi connectivity index (χ2v) is 7.03. The number of aryl methyl sites for hydroxylation is 2. The quantitative estimate of drug-likeness (QED) is 0.804. The zero-order chi connectivity index (χ0) is 20.7. The molecule has 2 atom stereocenters. The lowest BCUT2D eigenvalue weighted by molar-refractivity contribution is -0.123. The molecule has 0 aromatic heterocycles. The number of hydrogen-bond acceptors (Lipinski definition) is 6. The molecule has 2 unspecified atom stereocenters. The summed E-state index contributed by atoms with van der Waals surface area (Å²) in [7, 11) is 0. The summed E-state index contributed by atoms with van der Waals surface area (Å²) in [5.74, 6) is -1.81. The van der Waals surface area contributed by atoms with Crippen molar-refractivity contribution in [2.75, 3.05) is 16.8 Å². The average Bonchev–Trinajstić information content (AvgIpc) is 3.20. The summed E-state index contributed by atoms with van der Waals surface area (Å²) in [6.45, 7) is 3.58. The fourth-order valence-corrected chi connectivity index (χ4v) is 3.35. The van der Waals surface area contributed by atoms with Crippen LogP contribution in [0.2, 0.25) is 0 Å². The number of rotatable bonds is 4. The molecule has 0 aliphatic carbocycles. The van der Waals surface area contributed by atoms with Crippen molar-refractivity contribution in [2.24, 2.45) is 10.3 Å². The lowest BCUT2D eigenvalue weighted by Crippen LogP contribution is -2.43. The Hall–Kier alpha value is -3.62. The highest BCUT2D eigenvalue weighted by Gasteiger charge is 2.55. The van der Waals surface area contributed by atoms with Gasteiger partial charge in [0.15, 0.2) is 12.1 Å². The Morgan fingerprint density at radius 2 is 1.79 bits per heavy atom. The van der Waals surface area contributed by atoms with Gasteiger partial charge in [-0.25, -0.2) is 9.29 Å². The molecule has 9 heteroatoms. The third-order valence-electron chi connectivity index (χ3n) is 5.04. The zero-order valence-corrected chi connectivity index (χ0v) is 15.8. The molecule has 2 aliphatic heterocycles. The van der Waals surface area contributed by atoms with Gasteiger partial charge >= 0.3 is 0 Å². The van der Waals surface area contributed by atoms with Crippen molar-refractivity contribution in [2.45, 2.75) is 25.9 Å². The van der Waals surface area contributed by atoms with Crippen molar-refractivity contribution in [3.63, 3.8) is 0 Å². The maximum absolute atomic E-state index is 13.0. The van der Waals surface area contributed by atoms with E-state index < -0.39 is 35.6 Å². The van der Waals surface area contributed by atoms with Crippen molar-refractivity contribution in [1.29, 1.82) is 0 Å². The molecule has 2 aromatic carbocycles. The van der Waals surface area contributed by atoms with Gasteiger partial charge < -0.3 is 5.32 Å². The average molecular weight is 395 g/mol. The molecule has 0 radical (unpaired) electrons. The first kappa shape index (κ1) is 18.7. The maximum atomic E-state index is 13.0. The Labute approximate surface area is 166 Å². The molecule has 3 amide bonds. The summed E-state index contributed by atoms with van der Waals surface area (Å²) in [6, 6.07) is 8.70. The van der Waals surface area contributed by atoms with Crippen LogP contribution in [0.15, 0.2) is 52.8 Å². The minimum absolute atomic E-state index is 0.262. The second-order valence-electron chi connectivity index (χ2n) is 7.03. The Morgan fingerprint density at radius 3 is 2.48 bits per heavy atom. The number of anilines is 2. The van der Waals surface area contributed by atoms with Crippen LogP contribution in [0.4, 0.5) is 15.8 Å². The predicted molar refractivity (Wildman–Crippen MR) is 103 cm³/mol. The first-order valence-electron chi connectivity index (χ1n) is 9.03. The van der Waals surface area contributed by atoms with E-state index in [9.17, 15) is 18.8 Å². The number of halogens is 1. The fourth-order valence-electron chi connectivity index (χ4n) is 3.35. The van der Waals surface area contributed by atoms with E-state index in [0.717, 1.165) is 16.0 Å². The standard InChI is InChI=1S/C20H18FN5O3/c1-11-3-8-15(9-12(11)2)26-19(28)17-18(20(26)29)25(24-23-17)10-16(27)22-14-6-4-13(21)5-7-14/h3-9,17-18H,10H2,1-2H3,(H,22,27). The molecule has 0 bridgehead atoms. The van der Waals surface area contributed by atoms with Gasteiger partial charge in [0.25, 0.3) is 11.8 Å². The minimum atomic E-state index is -0.970. The van der Waals surface area contributed by atoms with Crippen LogP contribution in [0, 0.1) is 19.7 Å². The number of benzene rings is 2. The molecular formula is C20H18FN5O3. The van der Waals surface area contributed by atoms with Crippen LogP contribution in [0.1, 0.15) is 11.1 Å². The summed E-state index contributed by atoms with van der Waals surface area (Å²) in [6.07, 6.45) is 0. The van der Waals surface area contributed by atoms with Gasteiger partial charge in [0.05, 0.1) is 5.69 Å². The van der Waals surface area contributed by atoms with E-state index in [-0.39, 0.29) is 6.54 Å². The van der Waals surface area contributed by atoms with Crippen LogP contribution < -0.4 is 10.2 Å². The first-order chi connectivity index (χ1) is 13.8. The Bertz CT molecular complexity index is 1040. The van der Waals surface area contributed by atoms with Crippen molar-refractivity contribution in [3.05, 3.63) is 59.4 Å². The van der Waals surface area contributed by atoms with Crippen LogP contribution in [-0.4, -0.2) is 41.4 Å². The monoisotopic (exact) mass is 395 g/mol. The second kappa shape index (κ2) is 7.08. The van der Waals surface area contributed by atoms with E-state index >= 15 is 0 Å². The smallest absolute Gasteiger partial charge is 0.263 e. The van der Waals surface area contributed by atoms with E-state index in [1.54, 1.807) is 12.1 Å². The number of nitrogens with one attached hydrogen (secondary N) is 1. The molecule has 2 aliphatic rings. The molecule has 1 fully saturated rings. The van der Waals surface area contributed by atoms with Gasteiger partial charge in [-0.3, -0.25) is 19.4 Å².